The first-order valence-electron chi connectivity index (χ1n) is 16.7. The van der Waals surface area contributed by atoms with Crippen molar-refractivity contribution in [3.63, 3.8) is 0 Å². The number of benzene rings is 2. The van der Waals surface area contributed by atoms with Gasteiger partial charge in [-0.2, -0.15) is 0 Å². The highest BCUT2D eigenvalue weighted by Crippen LogP contribution is 2.66. The van der Waals surface area contributed by atoms with Gasteiger partial charge in [0.15, 0.2) is 0 Å². The largest absolute Gasteiger partial charge is 0.328 e. The van der Waals surface area contributed by atoms with E-state index in [0.717, 1.165) is 75.3 Å². The fraction of sp³-hybridized carbons (Fsp3) is 0.676. The summed E-state index contributed by atoms with van der Waals surface area (Å²) in [5.74, 6) is 1.60. The van der Waals surface area contributed by atoms with Crippen LogP contribution >= 0.6 is 8.60 Å². The topological polar surface area (TPSA) is 49.7 Å². The molecule has 0 bridgehead atoms. The van der Waals surface area contributed by atoms with Crippen molar-refractivity contribution < 1.29 is 14.3 Å². The minimum atomic E-state index is -2.60. The van der Waals surface area contributed by atoms with Crippen LogP contribution in [0.1, 0.15) is 184 Å². The zero-order chi connectivity index (χ0) is 30.4. The second-order valence-electron chi connectivity index (χ2n) is 13.2. The molecule has 0 heterocycles. The van der Waals surface area contributed by atoms with E-state index in [0.29, 0.717) is 23.7 Å². The Balaban J connectivity index is 2.53. The zero-order valence-electron chi connectivity index (χ0n) is 27.6. The van der Waals surface area contributed by atoms with Crippen LogP contribution in [0.15, 0.2) is 36.4 Å². The molecule has 2 aromatic rings. The molecule has 0 radical (unpaired) electrons. The van der Waals surface area contributed by atoms with Crippen molar-refractivity contribution >= 4 is 8.60 Å². The van der Waals surface area contributed by atoms with Gasteiger partial charge < -0.3 is 9.79 Å². The highest BCUT2D eigenvalue weighted by atomic mass is 31.2. The molecular formula is C37H59O3P. The maximum Gasteiger partial charge on any atom is 0.328 e. The van der Waals surface area contributed by atoms with Gasteiger partial charge in [-0.25, -0.2) is 0 Å². The van der Waals surface area contributed by atoms with Crippen LogP contribution in [0.4, 0.5) is 0 Å². The molecule has 41 heavy (non-hydrogen) atoms. The molecule has 4 unspecified atom stereocenters. The van der Waals surface area contributed by atoms with E-state index < -0.39 is 14.2 Å². The van der Waals surface area contributed by atoms with Gasteiger partial charge >= 0.3 is 8.60 Å². The lowest BCUT2D eigenvalue weighted by atomic mass is 9.51. The molecule has 3 rings (SSSR count). The van der Waals surface area contributed by atoms with Crippen LogP contribution in [0.2, 0.25) is 0 Å². The lowest BCUT2D eigenvalue weighted by Crippen LogP contribution is -2.53. The molecule has 1 aliphatic rings. The van der Waals surface area contributed by atoms with Crippen LogP contribution in [0.25, 0.3) is 0 Å². The molecule has 0 saturated heterocycles. The van der Waals surface area contributed by atoms with E-state index in [2.05, 4.69) is 98.7 Å². The fourth-order valence-corrected chi connectivity index (χ4v) is 7.71. The number of unbranched alkanes of at least 4 members (excludes halogenated alkanes) is 1. The Hall–Kier alpha value is -1.25. The third kappa shape index (κ3) is 6.80. The molecule has 0 spiro atoms. The first kappa shape index (κ1) is 34.2. The number of hydrogen-bond acceptors (Lipinski definition) is 3. The van der Waals surface area contributed by atoms with Crippen molar-refractivity contribution in [2.75, 3.05) is 0 Å². The third-order valence-electron chi connectivity index (χ3n) is 10.8. The predicted octanol–water partition coefficient (Wildman–Crippen LogP) is 11.6. The smallest absolute Gasteiger partial charge is 0.328 e. The van der Waals surface area contributed by atoms with Crippen LogP contribution in [0.3, 0.4) is 0 Å². The van der Waals surface area contributed by atoms with E-state index in [1.165, 1.54) is 22.3 Å². The standard InChI is InChI=1S/C37H59O3P/c1-10-15-21-36(22-16-23-36)37(40-41(38)39,34-19-17-30(26(6)11-2)24-32(34)28(8)13-4)35-20-18-31(27(7)12-3)25-33(35)29(9)14-5/h17-20,24-29,38-39H,10-16,21-23H2,1-9H3. The van der Waals surface area contributed by atoms with Crippen molar-refractivity contribution in [1.82, 2.24) is 0 Å². The fourth-order valence-electron chi connectivity index (χ4n) is 7.07. The van der Waals surface area contributed by atoms with Gasteiger partial charge in [-0.15, -0.1) is 0 Å². The van der Waals surface area contributed by atoms with Gasteiger partial charge in [0.2, 0.25) is 0 Å². The molecule has 1 aliphatic carbocycles. The van der Waals surface area contributed by atoms with Gasteiger partial charge in [0.05, 0.1) is 0 Å². The van der Waals surface area contributed by atoms with E-state index in [1.54, 1.807) is 0 Å². The number of hydrogen-bond donors (Lipinski definition) is 2. The van der Waals surface area contributed by atoms with Crippen molar-refractivity contribution in [2.24, 2.45) is 5.41 Å². The van der Waals surface area contributed by atoms with E-state index in [1.807, 2.05) is 0 Å². The van der Waals surface area contributed by atoms with E-state index >= 15 is 0 Å². The summed E-state index contributed by atoms with van der Waals surface area (Å²) in [7, 11) is -2.60. The summed E-state index contributed by atoms with van der Waals surface area (Å²) in [6.07, 6.45) is 10.7. The molecule has 0 amide bonds. The summed E-state index contributed by atoms with van der Waals surface area (Å²) in [6, 6.07) is 14.1. The molecule has 3 nitrogen and oxygen atoms in total. The summed E-state index contributed by atoms with van der Waals surface area (Å²) in [4.78, 5) is 21.7. The molecule has 4 heteroatoms. The van der Waals surface area contributed by atoms with Gasteiger partial charge in [0, 0.05) is 5.41 Å². The second kappa shape index (κ2) is 15.0. The van der Waals surface area contributed by atoms with Gasteiger partial charge in [-0.05, 0) is 102 Å². The summed E-state index contributed by atoms with van der Waals surface area (Å²) in [6.45, 7) is 20.6. The Morgan fingerprint density at radius 2 is 1.17 bits per heavy atom. The zero-order valence-corrected chi connectivity index (χ0v) is 28.5. The second-order valence-corrected chi connectivity index (χ2v) is 13.9. The molecule has 0 aromatic heterocycles. The Morgan fingerprint density at radius 1 is 0.732 bits per heavy atom. The SMILES string of the molecule is CCCCC1(C(OP(O)O)(c2ccc(C(C)CC)cc2C(C)CC)c2ccc(C(C)CC)cc2C(C)CC)CCC1. The summed E-state index contributed by atoms with van der Waals surface area (Å²) in [5.41, 5.74) is 6.56. The molecule has 2 N–H and O–H groups in total. The lowest BCUT2D eigenvalue weighted by Gasteiger charge is -2.57. The van der Waals surface area contributed by atoms with E-state index in [9.17, 15) is 9.79 Å². The third-order valence-corrected chi connectivity index (χ3v) is 11.3. The molecule has 230 valence electrons. The van der Waals surface area contributed by atoms with Gasteiger partial charge in [-0.3, -0.25) is 4.52 Å². The molecule has 1 fully saturated rings. The predicted molar refractivity (Wildman–Crippen MR) is 177 cm³/mol. The Labute approximate surface area is 253 Å². The van der Waals surface area contributed by atoms with Crippen molar-refractivity contribution in [3.8, 4) is 0 Å². The first-order valence-corrected chi connectivity index (χ1v) is 17.9. The summed E-state index contributed by atoms with van der Waals surface area (Å²) in [5, 5.41) is 0. The van der Waals surface area contributed by atoms with Crippen molar-refractivity contribution in [1.29, 1.82) is 0 Å². The average Bonchev–Trinajstić information content (AvgIpc) is 2.97. The maximum atomic E-state index is 10.9. The van der Waals surface area contributed by atoms with Crippen LogP contribution < -0.4 is 0 Å². The highest BCUT2D eigenvalue weighted by Gasteiger charge is 2.60. The highest BCUT2D eigenvalue weighted by molar-refractivity contribution is 7.39. The Kier molecular flexibility index (Phi) is 12.5. The molecule has 1 saturated carbocycles. The van der Waals surface area contributed by atoms with Crippen LogP contribution in [-0.4, -0.2) is 9.79 Å². The minimum Gasteiger partial charge on any atom is -0.328 e. The molecular weight excluding hydrogens is 523 g/mol. The van der Waals surface area contributed by atoms with E-state index in [-0.39, 0.29) is 5.41 Å². The normalized spacial score (nSPS) is 19.3. The Bertz CT molecular complexity index is 1040. The van der Waals surface area contributed by atoms with Crippen LogP contribution in [-0.2, 0) is 10.1 Å². The quantitative estimate of drug-likeness (QED) is 0.194. The van der Waals surface area contributed by atoms with Gasteiger partial charge in [0.25, 0.3) is 0 Å². The number of rotatable bonds is 16. The van der Waals surface area contributed by atoms with Gasteiger partial charge in [0.1, 0.15) is 5.60 Å². The molecule has 0 aliphatic heterocycles. The minimum absolute atomic E-state index is 0.185. The van der Waals surface area contributed by atoms with Crippen molar-refractivity contribution in [3.05, 3.63) is 69.8 Å². The molecule has 4 atom stereocenters. The average molecular weight is 583 g/mol. The van der Waals surface area contributed by atoms with E-state index in [4.69, 9.17) is 4.52 Å². The van der Waals surface area contributed by atoms with Crippen molar-refractivity contribution in [2.45, 2.75) is 156 Å². The Morgan fingerprint density at radius 3 is 1.49 bits per heavy atom. The van der Waals surface area contributed by atoms with Crippen LogP contribution in [0, 0.1) is 5.41 Å². The van der Waals surface area contributed by atoms with Crippen LogP contribution in [0.5, 0.6) is 0 Å². The monoisotopic (exact) mass is 582 g/mol. The lowest BCUT2D eigenvalue weighted by molar-refractivity contribution is -0.0990. The van der Waals surface area contributed by atoms with Gasteiger partial charge in [-0.1, -0.05) is 118 Å². The molecule has 2 aromatic carbocycles. The summed E-state index contributed by atoms with van der Waals surface area (Å²) >= 11 is 0. The summed E-state index contributed by atoms with van der Waals surface area (Å²) < 4.78 is 6.81. The maximum absolute atomic E-state index is 10.9. The first-order chi connectivity index (χ1) is 19.5.